The van der Waals surface area contributed by atoms with E-state index in [1.54, 1.807) is 11.6 Å². The molecule has 0 bridgehead atoms. The number of nitrogens with zero attached hydrogens (tertiary/aromatic N) is 4. The number of piperidine rings is 1. The molecule has 1 fully saturated rings. The first-order valence-corrected chi connectivity index (χ1v) is 6.94. The van der Waals surface area contributed by atoms with E-state index in [2.05, 4.69) is 21.9 Å². The summed E-state index contributed by atoms with van der Waals surface area (Å²) in [5.41, 5.74) is 0.864. The number of likely N-dealkylation sites (N-methyl/N-ethyl adjacent to an activating group) is 1. The van der Waals surface area contributed by atoms with Crippen molar-refractivity contribution < 1.29 is 4.74 Å². The molecule has 5 nitrogen and oxygen atoms in total. The number of aromatic nitrogens is 3. The fourth-order valence-corrected chi connectivity index (χ4v) is 2.78. The van der Waals surface area contributed by atoms with Gasteiger partial charge in [0.2, 0.25) is 5.88 Å². The highest BCUT2D eigenvalue weighted by Crippen LogP contribution is 2.25. The van der Waals surface area contributed by atoms with Crippen LogP contribution in [0.3, 0.4) is 0 Å². The van der Waals surface area contributed by atoms with Crippen LogP contribution in [0.4, 0.5) is 0 Å². The van der Waals surface area contributed by atoms with Crippen LogP contribution in [0.15, 0.2) is 18.2 Å². The second kappa shape index (κ2) is 5.17. The molecule has 1 saturated heterocycles. The molecule has 102 valence electrons. The third-order valence-corrected chi connectivity index (χ3v) is 3.87. The summed E-state index contributed by atoms with van der Waals surface area (Å²) in [4.78, 5) is 7.13. The van der Waals surface area contributed by atoms with Gasteiger partial charge < -0.3 is 9.64 Å². The van der Waals surface area contributed by atoms with Gasteiger partial charge in [-0.2, -0.15) is 4.52 Å². The van der Waals surface area contributed by atoms with Crippen LogP contribution in [0.25, 0.3) is 5.65 Å². The molecule has 3 rings (SSSR count). The van der Waals surface area contributed by atoms with Gasteiger partial charge in [0.1, 0.15) is 0 Å². The summed E-state index contributed by atoms with van der Waals surface area (Å²) >= 11 is 0. The lowest BCUT2D eigenvalue weighted by Crippen LogP contribution is -2.34. The number of hydrogen-bond acceptors (Lipinski definition) is 4. The molecule has 0 N–H and O–H groups in total. The Balaban J connectivity index is 1.92. The lowest BCUT2D eigenvalue weighted by molar-refractivity contribution is 0.214. The zero-order valence-corrected chi connectivity index (χ0v) is 11.5. The average Bonchev–Trinajstić information content (AvgIpc) is 2.91. The standard InChI is InChI=1S/C14H20N4O/c1-3-17-9-5-6-11(10-17)14-15-12-7-4-8-13(19-2)18(12)16-14/h4,7-8,11H,3,5-6,9-10H2,1-2H3. The summed E-state index contributed by atoms with van der Waals surface area (Å²) in [5, 5.41) is 4.63. The van der Waals surface area contributed by atoms with Gasteiger partial charge in [-0.05, 0) is 32.0 Å². The van der Waals surface area contributed by atoms with Gasteiger partial charge in [0.25, 0.3) is 0 Å². The fraction of sp³-hybridized carbons (Fsp3) is 0.571. The summed E-state index contributed by atoms with van der Waals surface area (Å²) in [7, 11) is 1.66. The Kier molecular flexibility index (Phi) is 3.38. The van der Waals surface area contributed by atoms with E-state index in [0.717, 1.165) is 30.4 Å². The Morgan fingerprint density at radius 3 is 3.11 bits per heavy atom. The van der Waals surface area contributed by atoms with E-state index in [9.17, 15) is 0 Å². The number of ether oxygens (including phenoxy) is 1. The van der Waals surface area contributed by atoms with Gasteiger partial charge in [0, 0.05) is 18.5 Å². The van der Waals surface area contributed by atoms with Gasteiger partial charge >= 0.3 is 0 Å². The topological polar surface area (TPSA) is 42.7 Å². The average molecular weight is 260 g/mol. The Morgan fingerprint density at radius 2 is 2.32 bits per heavy atom. The van der Waals surface area contributed by atoms with Gasteiger partial charge in [-0.15, -0.1) is 5.10 Å². The van der Waals surface area contributed by atoms with Gasteiger partial charge in [-0.25, -0.2) is 4.98 Å². The highest BCUT2D eigenvalue weighted by atomic mass is 16.5. The van der Waals surface area contributed by atoms with Crippen molar-refractivity contribution in [3.63, 3.8) is 0 Å². The molecule has 0 spiro atoms. The van der Waals surface area contributed by atoms with E-state index in [-0.39, 0.29) is 0 Å². The first kappa shape index (κ1) is 12.4. The molecule has 3 heterocycles. The zero-order chi connectivity index (χ0) is 13.2. The molecule has 0 amide bonds. The van der Waals surface area contributed by atoms with Crippen LogP contribution in [0.1, 0.15) is 31.5 Å². The Labute approximate surface area is 113 Å². The molecule has 1 aliphatic rings. The Bertz CT molecular complexity index is 566. The molecule has 0 radical (unpaired) electrons. The van der Waals surface area contributed by atoms with Crippen LogP contribution in [0, 0.1) is 0 Å². The highest BCUT2D eigenvalue weighted by molar-refractivity contribution is 5.41. The quantitative estimate of drug-likeness (QED) is 0.846. The molecular formula is C14H20N4O. The third-order valence-electron chi connectivity index (χ3n) is 3.87. The summed E-state index contributed by atoms with van der Waals surface area (Å²) in [5.74, 6) is 2.13. The molecule has 0 aliphatic carbocycles. The molecular weight excluding hydrogens is 240 g/mol. The van der Waals surface area contributed by atoms with Crippen molar-refractivity contribution in [3.8, 4) is 5.88 Å². The maximum absolute atomic E-state index is 5.32. The van der Waals surface area contributed by atoms with Crippen molar-refractivity contribution in [1.82, 2.24) is 19.5 Å². The van der Waals surface area contributed by atoms with Gasteiger partial charge in [0.15, 0.2) is 11.5 Å². The van der Waals surface area contributed by atoms with E-state index in [0.29, 0.717) is 5.92 Å². The minimum absolute atomic E-state index is 0.443. The highest BCUT2D eigenvalue weighted by Gasteiger charge is 2.24. The monoisotopic (exact) mass is 260 g/mol. The maximum atomic E-state index is 5.32. The lowest BCUT2D eigenvalue weighted by atomic mass is 9.97. The molecule has 2 aromatic rings. The van der Waals surface area contributed by atoms with Gasteiger partial charge in [-0.1, -0.05) is 13.0 Å². The van der Waals surface area contributed by atoms with Gasteiger partial charge in [-0.3, -0.25) is 0 Å². The van der Waals surface area contributed by atoms with Crippen molar-refractivity contribution in [2.75, 3.05) is 26.7 Å². The van der Waals surface area contributed by atoms with Crippen LogP contribution in [-0.4, -0.2) is 46.2 Å². The molecule has 2 aromatic heterocycles. The number of fused-ring (bicyclic) bond motifs is 1. The minimum Gasteiger partial charge on any atom is -0.481 e. The molecule has 1 unspecified atom stereocenters. The first-order valence-electron chi connectivity index (χ1n) is 6.94. The maximum Gasteiger partial charge on any atom is 0.216 e. The summed E-state index contributed by atoms with van der Waals surface area (Å²) in [6, 6.07) is 5.83. The smallest absolute Gasteiger partial charge is 0.216 e. The van der Waals surface area contributed by atoms with Crippen molar-refractivity contribution in [2.24, 2.45) is 0 Å². The summed E-state index contributed by atoms with van der Waals surface area (Å²) in [6.45, 7) is 5.58. The van der Waals surface area contributed by atoms with Crippen molar-refractivity contribution in [1.29, 1.82) is 0 Å². The minimum atomic E-state index is 0.443. The van der Waals surface area contributed by atoms with Crippen molar-refractivity contribution in [2.45, 2.75) is 25.7 Å². The van der Waals surface area contributed by atoms with Crippen LogP contribution in [0.2, 0.25) is 0 Å². The van der Waals surface area contributed by atoms with Crippen LogP contribution >= 0.6 is 0 Å². The molecule has 1 atom stereocenters. The fourth-order valence-electron chi connectivity index (χ4n) is 2.78. The first-order chi connectivity index (χ1) is 9.31. The number of methoxy groups -OCH3 is 1. The molecule has 1 aliphatic heterocycles. The number of likely N-dealkylation sites (tertiary alicyclic amines) is 1. The summed E-state index contributed by atoms with van der Waals surface area (Å²) < 4.78 is 7.11. The second-order valence-corrected chi connectivity index (χ2v) is 5.04. The van der Waals surface area contributed by atoms with Gasteiger partial charge in [0.05, 0.1) is 7.11 Å². The SMILES string of the molecule is CCN1CCCC(c2nc3cccc(OC)n3n2)C1. The van der Waals surface area contributed by atoms with E-state index in [1.165, 1.54) is 19.4 Å². The predicted molar refractivity (Wildman–Crippen MR) is 73.6 cm³/mol. The summed E-state index contributed by atoms with van der Waals surface area (Å²) in [6.07, 6.45) is 2.40. The molecule has 0 aromatic carbocycles. The number of rotatable bonds is 3. The molecule has 0 saturated carbocycles. The zero-order valence-electron chi connectivity index (χ0n) is 11.5. The van der Waals surface area contributed by atoms with E-state index < -0.39 is 0 Å². The van der Waals surface area contributed by atoms with E-state index >= 15 is 0 Å². The lowest BCUT2D eigenvalue weighted by Gasteiger charge is -2.30. The third kappa shape index (κ3) is 2.30. The predicted octanol–water partition coefficient (Wildman–Crippen LogP) is 1.94. The van der Waals surface area contributed by atoms with Crippen molar-refractivity contribution >= 4 is 5.65 Å². The largest absolute Gasteiger partial charge is 0.481 e. The Morgan fingerprint density at radius 1 is 1.42 bits per heavy atom. The van der Waals surface area contributed by atoms with Crippen LogP contribution in [0.5, 0.6) is 5.88 Å². The molecule has 19 heavy (non-hydrogen) atoms. The Hall–Kier alpha value is -1.62. The number of pyridine rings is 1. The van der Waals surface area contributed by atoms with Crippen molar-refractivity contribution in [3.05, 3.63) is 24.0 Å². The van der Waals surface area contributed by atoms with E-state index in [4.69, 9.17) is 4.74 Å². The second-order valence-electron chi connectivity index (χ2n) is 5.04. The normalized spacial score (nSPS) is 20.8. The number of hydrogen-bond donors (Lipinski definition) is 0. The van der Waals surface area contributed by atoms with Crippen LogP contribution < -0.4 is 4.74 Å². The van der Waals surface area contributed by atoms with Crippen LogP contribution in [-0.2, 0) is 0 Å². The molecule has 5 heteroatoms. The van der Waals surface area contributed by atoms with E-state index in [1.807, 2.05) is 18.2 Å².